The highest BCUT2D eigenvalue weighted by Crippen LogP contribution is 2.29. The molecule has 0 aliphatic heterocycles. The number of pyridine rings is 1. The quantitative estimate of drug-likeness (QED) is 0.286. The van der Waals surface area contributed by atoms with Gasteiger partial charge in [0.25, 0.3) is 5.91 Å². The van der Waals surface area contributed by atoms with Crippen molar-refractivity contribution in [2.75, 3.05) is 24.4 Å². The zero-order valence-electron chi connectivity index (χ0n) is 20.7. The van der Waals surface area contributed by atoms with E-state index in [1.807, 2.05) is 48.9 Å². The van der Waals surface area contributed by atoms with Gasteiger partial charge >= 0.3 is 0 Å². The molecule has 0 saturated heterocycles. The SMILES string of the molecule is CSCC[C@H](NC(=O)c1ccn([N+](C)=O)c1)C(=O)Nc1nc(-c2cccc(-c3ccnc(C)c3)c2)cs1. The van der Waals surface area contributed by atoms with E-state index in [9.17, 15) is 14.5 Å². The second-order valence-electron chi connectivity index (χ2n) is 8.35. The van der Waals surface area contributed by atoms with Gasteiger partial charge in [-0.25, -0.2) is 4.98 Å². The van der Waals surface area contributed by atoms with Crippen LogP contribution in [0.3, 0.4) is 0 Å². The number of hydrogen-bond acceptors (Lipinski definition) is 7. The highest BCUT2D eigenvalue weighted by atomic mass is 32.2. The van der Waals surface area contributed by atoms with Crippen LogP contribution < -0.4 is 10.6 Å². The molecule has 0 unspecified atom stereocenters. The lowest BCUT2D eigenvalue weighted by atomic mass is 10.0. The highest BCUT2D eigenvalue weighted by Gasteiger charge is 2.23. The minimum atomic E-state index is -0.751. The van der Waals surface area contributed by atoms with E-state index >= 15 is 0 Å². The Morgan fingerprint density at radius 3 is 2.68 bits per heavy atom. The zero-order chi connectivity index (χ0) is 26.4. The number of hydrogen-bond donors (Lipinski definition) is 2. The van der Waals surface area contributed by atoms with E-state index in [1.165, 1.54) is 41.5 Å². The summed E-state index contributed by atoms with van der Waals surface area (Å²) in [5, 5.41) is 7.98. The Bertz CT molecular complexity index is 1430. The number of amides is 2. The predicted molar refractivity (Wildman–Crippen MR) is 148 cm³/mol. The first-order valence-electron chi connectivity index (χ1n) is 11.5. The molecule has 4 rings (SSSR count). The Hall–Kier alpha value is -3.83. The fourth-order valence-corrected chi connectivity index (χ4v) is 4.87. The summed E-state index contributed by atoms with van der Waals surface area (Å²) in [5.74, 6) is -0.0814. The third-order valence-corrected chi connectivity index (χ3v) is 7.02. The number of benzene rings is 1. The number of aryl methyl sites for hydroxylation is 1. The van der Waals surface area contributed by atoms with Crippen LogP contribution in [-0.4, -0.2) is 56.4 Å². The van der Waals surface area contributed by atoms with Crippen molar-refractivity contribution in [3.8, 4) is 22.4 Å². The molecule has 3 heterocycles. The largest absolute Gasteiger partial charge is 0.340 e. The summed E-state index contributed by atoms with van der Waals surface area (Å²) in [7, 11) is 1.33. The number of aromatic nitrogens is 3. The van der Waals surface area contributed by atoms with Gasteiger partial charge in [0.1, 0.15) is 10.9 Å². The summed E-state index contributed by atoms with van der Waals surface area (Å²) in [5.41, 5.74) is 5.05. The molecule has 3 aromatic heterocycles. The molecule has 2 amide bonds. The summed E-state index contributed by atoms with van der Waals surface area (Å²) in [4.78, 5) is 46.7. The monoisotopic (exact) mass is 535 g/mol. The third kappa shape index (κ3) is 6.69. The average molecular weight is 536 g/mol. The standard InChI is InChI=1S/C26H26N6O3S2/c1-17-13-19(7-10-27-17)18-5-4-6-20(14-18)23-16-37-26(29-23)30-25(34)22(9-12-36-3)28-24(33)21-8-11-32(15-21)31(2)35/h4-8,10-11,13-16,22H,9,12H2,1-3H3,(H-,28,29,30,33,34)/p+1/t22-/m0/s1. The molecule has 0 fully saturated rings. The second-order valence-corrected chi connectivity index (χ2v) is 10.2. The Labute approximate surface area is 222 Å². The van der Waals surface area contributed by atoms with Crippen LogP contribution in [0.2, 0.25) is 0 Å². The fraction of sp³-hybridized carbons (Fsp3) is 0.231. The van der Waals surface area contributed by atoms with E-state index in [2.05, 4.69) is 26.7 Å². The third-order valence-electron chi connectivity index (χ3n) is 5.62. The van der Waals surface area contributed by atoms with Gasteiger partial charge in [-0.15, -0.1) is 11.3 Å². The molecule has 11 heteroatoms. The molecule has 0 aliphatic rings. The Kier molecular flexibility index (Phi) is 8.47. The van der Waals surface area contributed by atoms with Gasteiger partial charge in [0.05, 0.1) is 28.6 Å². The number of anilines is 1. The molecule has 1 atom stereocenters. The lowest BCUT2D eigenvalue weighted by Gasteiger charge is -2.17. The van der Waals surface area contributed by atoms with E-state index in [4.69, 9.17) is 0 Å². The van der Waals surface area contributed by atoms with Crippen molar-refractivity contribution in [2.24, 2.45) is 0 Å². The molecule has 37 heavy (non-hydrogen) atoms. The van der Waals surface area contributed by atoms with Crippen LogP contribution in [-0.2, 0) is 4.79 Å². The number of nitroso groups, excluding NO2 is 1. The summed E-state index contributed by atoms with van der Waals surface area (Å²) < 4.78 is 1.24. The maximum Gasteiger partial charge on any atom is 0.253 e. The van der Waals surface area contributed by atoms with Crippen molar-refractivity contribution in [3.05, 3.63) is 82.6 Å². The molecule has 0 aliphatic carbocycles. The topological polar surface area (TPSA) is 109 Å². The molecular formula is C26H27N6O3S2+. The van der Waals surface area contributed by atoms with Crippen molar-refractivity contribution >= 4 is 40.0 Å². The number of carbonyl (C=O) groups excluding carboxylic acids is 2. The molecule has 0 bridgehead atoms. The smallest absolute Gasteiger partial charge is 0.253 e. The molecule has 0 radical (unpaired) electrons. The Balaban J connectivity index is 1.46. The number of nitrogens with one attached hydrogen (secondary N) is 2. The minimum absolute atomic E-state index is 0.297. The number of thioether (sulfide) groups is 1. The normalized spacial score (nSPS) is 11.6. The molecule has 4 aromatic rings. The summed E-state index contributed by atoms with van der Waals surface area (Å²) >= 11 is 2.91. The summed E-state index contributed by atoms with van der Waals surface area (Å²) in [6.45, 7) is 1.96. The number of carbonyl (C=O) groups is 2. The molecule has 0 saturated carbocycles. The van der Waals surface area contributed by atoms with Crippen molar-refractivity contribution < 1.29 is 14.5 Å². The van der Waals surface area contributed by atoms with Crippen molar-refractivity contribution in [1.29, 1.82) is 0 Å². The van der Waals surface area contributed by atoms with Crippen LogP contribution in [0.5, 0.6) is 0 Å². The van der Waals surface area contributed by atoms with Crippen LogP contribution in [0.15, 0.2) is 66.4 Å². The van der Waals surface area contributed by atoms with Gasteiger partial charge in [-0.2, -0.15) is 11.8 Å². The lowest BCUT2D eigenvalue weighted by molar-refractivity contribution is -0.578. The Morgan fingerprint density at radius 2 is 1.95 bits per heavy atom. The molecule has 1 aromatic carbocycles. The number of nitrogens with zero attached hydrogens (tertiary/aromatic N) is 4. The van der Waals surface area contributed by atoms with Gasteiger partial charge in [-0.3, -0.25) is 14.6 Å². The first-order valence-corrected chi connectivity index (χ1v) is 13.8. The summed E-state index contributed by atoms with van der Waals surface area (Å²) in [6, 6.07) is 12.8. The molecule has 9 nitrogen and oxygen atoms in total. The number of rotatable bonds is 10. The van der Waals surface area contributed by atoms with Gasteiger partial charge in [-0.1, -0.05) is 22.9 Å². The first kappa shape index (κ1) is 26.2. The van der Waals surface area contributed by atoms with Crippen LogP contribution in [0.25, 0.3) is 22.4 Å². The maximum absolute atomic E-state index is 13.1. The predicted octanol–water partition coefficient (Wildman–Crippen LogP) is 4.64. The first-order chi connectivity index (χ1) is 17.8. The van der Waals surface area contributed by atoms with Crippen LogP contribution in [0.1, 0.15) is 22.5 Å². The van der Waals surface area contributed by atoms with Crippen LogP contribution >= 0.6 is 23.1 Å². The second kappa shape index (κ2) is 11.9. The van der Waals surface area contributed by atoms with Crippen LogP contribution in [0, 0.1) is 11.8 Å². The maximum atomic E-state index is 13.1. The van der Waals surface area contributed by atoms with E-state index in [0.29, 0.717) is 27.7 Å². The zero-order valence-corrected chi connectivity index (χ0v) is 22.3. The highest BCUT2D eigenvalue weighted by molar-refractivity contribution is 7.98. The minimum Gasteiger partial charge on any atom is -0.340 e. The van der Waals surface area contributed by atoms with E-state index in [0.717, 1.165) is 28.1 Å². The van der Waals surface area contributed by atoms with Gasteiger partial charge < -0.3 is 10.6 Å². The molecule has 190 valence electrons. The molecule has 0 spiro atoms. The lowest BCUT2D eigenvalue weighted by Crippen LogP contribution is -2.44. The average Bonchev–Trinajstić information content (AvgIpc) is 3.57. The summed E-state index contributed by atoms with van der Waals surface area (Å²) in [6.07, 6.45) is 7.08. The Morgan fingerprint density at radius 1 is 1.16 bits per heavy atom. The van der Waals surface area contributed by atoms with Crippen molar-refractivity contribution in [3.63, 3.8) is 0 Å². The van der Waals surface area contributed by atoms with Gasteiger partial charge in [0, 0.05) is 22.8 Å². The van der Waals surface area contributed by atoms with Gasteiger partial charge in [0.2, 0.25) is 13.0 Å². The number of thiazole rings is 1. The fourth-order valence-electron chi connectivity index (χ4n) is 3.68. The van der Waals surface area contributed by atoms with Crippen molar-refractivity contribution in [2.45, 2.75) is 19.4 Å². The van der Waals surface area contributed by atoms with Gasteiger partial charge in [-0.05, 0) is 60.7 Å². The van der Waals surface area contributed by atoms with Crippen molar-refractivity contribution in [1.82, 2.24) is 20.0 Å². The van der Waals surface area contributed by atoms with Gasteiger partial charge in [0.15, 0.2) is 5.13 Å². The molecular weight excluding hydrogens is 508 g/mol. The molecule has 2 N–H and O–H groups in total. The van der Waals surface area contributed by atoms with E-state index in [1.54, 1.807) is 18.0 Å². The van der Waals surface area contributed by atoms with Crippen LogP contribution in [0.4, 0.5) is 5.13 Å². The van der Waals surface area contributed by atoms with E-state index in [-0.39, 0.29) is 5.91 Å². The van der Waals surface area contributed by atoms with E-state index < -0.39 is 11.9 Å².